The van der Waals surface area contributed by atoms with E-state index in [1.165, 1.54) is 5.56 Å². The number of amides is 2. The second-order valence-corrected chi connectivity index (χ2v) is 8.53. The van der Waals surface area contributed by atoms with Crippen LogP contribution >= 0.6 is 0 Å². The predicted octanol–water partition coefficient (Wildman–Crippen LogP) is 4.75. The molecule has 0 radical (unpaired) electrons. The van der Waals surface area contributed by atoms with Gasteiger partial charge in [-0.1, -0.05) is 43.7 Å². The predicted molar refractivity (Wildman–Crippen MR) is 122 cm³/mol. The Bertz CT molecular complexity index is 925. The summed E-state index contributed by atoms with van der Waals surface area (Å²) in [6.07, 6.45) is 4.95. The van der Waals surface area contributed by atoms with Gasteiger partial charge in [-0.2, -0.15) is 0 Å². The molecule has 2 aliphatic rings. The van der Waals surface area contributed by atoms with Gasteiger partial charge < -0.3 is 14.5 Å². The normalized spacial score (nSPS) is 21.0. The van der Waals surface area contributed by atoms with E-state index in [0.717, 1.165) is 49.2 Å². The van der Waals surface area contributed by atoms with E-state index in [2.05, 4.69) is 19.1 Å². The number of fused-ring (bicyclic) bond motifs is 1. The highest BCUT2D eigenvalue weighted by atomic mass is 16.5. The molecular formula is C26H32N2O3. The largest absolute Gasteiger partial charge is 0.497 e. The van der Waals surface area contributed by atoms with E-state index in [9.17, 15) is 9.59 Å². The van der Waals surface area contributed by atoms with Crippen molar-refractivity contribution in [1.29, 1.82) is 0 Å². The van der Waals surface area contributed by atoms with Crippen molar-refractivity contribution in [2.75, 3.05) is 25.1 Å². The zero-order valence-corrected chi connectivity index (χ0v) is 18.5. The molecule has 2 aromatic carbocycles. The van der Waals surface area contributed by atoms with Gasteiger partial charge in [0.25, 0.3) is 0 Å². The van der Waals surface area contributed by atoms with Gasteiger partial charge >= 0.3 is 0 Å². The van der Waals surface area contributed by atoms with Gasteiger partial charge in [0.1, 0.15) is 5.75 Å². The summed E-state index contributed by atoms with van der Waals surface area (Å²) in [6, 6.07) is 15.8. The van der Waals surface area contributed by atoms with Crippen LogP contribution in [0.15, 0.2) is 48.5 Å². The highest BCUT2D eigenvalue weighted by molar-refractivity contribution is 5.97. The maximum Gasteiger partial charge on any atom is 0.232 e. The number of aryl methyl sites for hydroxylation is 1. The number of rotatable bonds is 6. The number of para-hydroxylation sites is 1. The second kappa shape index (κ2) is 9.54. The minimum Gasteiger partial charge on any atom is -0.497 e. The minimum atomic E-state index is -0.242. The van der Waals surface area contributed by atoms with Crippen LogP contribution in [0.25, 0.3) is 0 Å². The van der Waals surface area contributed by atoms with Crippen LogP contribution in [-0.2, 0) is 16.0 Å². The SMILES string of the molecule is CCCCN1C(=O)CCC(C(=O)N2CCCc3ccccc32)C1c1ccc(OC)cc1. The number of anilines is 1. The Morgan fingerprint density at radius 1 is 1.10 bits per heavy atom. The Morgan fingerprint density at radius 2 is 1.87 bits per heavy atom. The van der Waals surface area contributed by atoms with Crippen molar-refractivity contribution in [3.8, 4) is 5.75 Å². The van der Waals surface area contributed by atoms with Crippen molar-refractivity contribution in [1.82, 2.24) is 4.90 Å². The lowest BCUT2D eigenvalue weighted by atomic mass is 9.82. The fourth-order valence-electron chi connectivity index (χ4n) is 4.98. The summed E-state index contributed by atoms with van der Waals surface area (Å²) in [5.74, 6) is 0.826. The highest BCUT2D eigenvalue weighted by Gasteiger charge is 2.42. The Labute approximate surface area is 185 Å². The number of carbonyl (C=O) groups is 2. The molecule has 4 rings (SSSR count). The van der Waals surface area contributed by atoms with Gasteiger partial charge in [0.2, 0.25) is 11.8 Å². The van der Waals surface area contributed by atoms with Crippen LogP contribution in [0.3, 0.4) is 0 Å². The molecule has 2 aliphatic heterocycles. The van der Waals surface area contributed by atoms with E-state index >= 15 is 0 Å². The summed E-state index contributed by atoms with van der Waals surface area (Å²) >= 11 is 0. The van der Waals surface area contributed by atoms with Crippen LogP contribution in [0.1, 0.15) is 56.2 Å². The summed E-state index contributed by atoms with van der Waals surface area (Å²) in [4.78, 5) is 30.8. The van der Waals surface area contributed by atoms with Gasteiger partial charge in [-0.3, -0.25) is 9.59 Å². The first-order valence-corrected chi connectivity index (χ1v) is 11.5. The number of carbonyl (C=O) groups excluding carboxylic acids is 2. The van der Waals surface area contributed by atoms with Crippen LogP contribution in [0.5, 0.6) is 5.75 Å². The number of nitrogens with zero attached hydrogens (tertiary/aromatic N) is 2. The van der Waals surface area contributed by atoms with E-state index < -0.39 is 0 Å². The lowest BCUT2D eigenvalue weighted by Gasteiger charge is -2.43. The number of hydrogen-bond donors (Lipinski definition) is 0. The summed E-state index contributed by atoms with van der Waals surface area (Å²) in [5.41, 5.74) is 3.27. The number of hydrogen-bond acceptors (Lipinski definition) is 3. The van der Waals surface area contributed by atoms with Crippen molar-refractivity contribution in [2.45, 2.75) is 51.5 Å². The standard InChI is InChI=1S/C26H32N2O3/c1-3-4-17-28-24(29)16-15-22(25(28)20-11-13-21(31-2)14-12-20)26(30)27-18-7-9-19-8-5-6-10-23(19)27/h5-6,8,10-14,22,25H,3-4,7,9,15-18H2,1-2H3. The quantitative estimate of drug-likeness (QED) is 0.677. The third-order valence-electron chi connectivity index (χ3n) is 6.61. The average molecular weight is 421 g/mol. The molecule has 0 aliphatic carbocycles. The maximum absolute atomic E-state index is 13.9. The van der Waals surface area contributed by atoms with Crippen molar-refractivity contribution >= 4 is 17.5 Å². The van der Waals surface area contributed by atoms with E-state index in [-0.39, 0.29) is 23.8 Å². The first-order valence-electron chi connectivity index (χ1n) is 11.5. The number of methoxy groups -OCH3 is 1. The first-order chi connectivity index (χ1) is 15.1. The fraction of sp³-hybridized carbons (Fsp3) is 0.462. The molecule has 5 nitrogen and oxygen atoms in total. The third kappa shape index (κ3) is 4.32. The van der Waals surface area contributed by atoms with Gasteiger partial charge in [-0.15, -0.1) is 0 Å². The van der Waals surface area contributed by atoms with Crippen LogP contribution in [-0.4, -0.2) is 36.9 Å². The van der Waals surface area contributed by atoms with Crippen LogP contribution < -0.4 is 9.64 Å². The number of likely N-dealkylation sites (tertiary alicyclic amines) is 1. The van der Waals surface area contributed by atoms with Crippen LogP contribution in [0.4, 0.5) is 5.69 Å². The average Bonchev–Trinajstić information content (AvgIpc) is 2.82. The van der Waals surface area contributed by atoms with Gasteiger partial charge in [0.05, 0.1) is 19.1 Å². The molecule has 31 heavy (non-hydrogen) atoms. The van der Waals surface area contributed by atoms with E-state index in [0.29, 0.717) is 19.4 Å². The summed E-state index contributed by atoms with van der Waals surface area (Å²) in [7, 11) is 1.65. The van der Waals surface area contributed by atoms with Gasteiger partial charge in [-0.25, -0.2) is 0 Å². The van der Waals surface area contributed by atoms with Crippen molar-refractivity contribution < 1.29 is 14.3 Å². The first kappa shape index (κ1) is 21.4. The minimum absolute atomic E-state index is 0.141. The Balaban J connectivity index is 1.70. The molecule has 164 valence electrons. The van der Waals surface area contributed by atoms with Gasteiger partial charge in [0, 0.05) is 25.2 Å². The Hall–Kier alpha value is -2.82. The smallest absolute Gasteiger partial charge is 0.232 e. The molecule has 2 amide bonds. The molecule has 2 aromatic rings. The van der Waals surface area contributed by atoms with Crippen molar-refractivity contribution in [2.24, 2.45) is 5.92 Å². The molecule has 2 unspecified atom stereocenters. The maximum atomic E-state index is 13.9. The number of benzene rings is 2. The lowest BCUT2D eigenvalue weighted by molar-refractivity contribution is -0.142. The highest BCUT2D eigenvalue weighted by Crippen LogP contribution is 2.40. The zero-order chi connectivity index (χ0) is 21.8. The second-order valence-electron chi connectivity index (χ2n) is 8.53. The van der Waals surface area contributed by atoms with E-state index in [1.54, 1.807) is 7.11 Å². The third-order valence-corrected chi connectivity index (χ3v) is 6.61. The van der Waals surface area contributed by atoms with E-state index in [1.807, 2.05) is 46.2 Å². The number of unbranched alkanes of at least 4 members (excludes halogenated alkanes) is 1. The molecule has 0 spiro atoms. The molecule has 2 heterocycles. The lowest BCUT2D eigenvalue weighted by Crippen LogP contribution is -2.50. The van der Waals surface area contributed by atoms with Gasteiger partial charge in [0.15, 0.2) is 0 Å². The molecular weight excluding hydrogens is 388 g/mol. The topological polar surface area (TPSA) is 49.9 Å². The van der Waals surface area contributed by atoms with E-state index in [4.69, 9.17) is 4.74 Å². The monoisotopic (exact) mass is 420 g/mol. The van der Waals surface area contributed by atoms with Crippen LogP contribution in [0.2, 0.25) is 0 Å². The van der Waals surface area contributed by atoms with Gasteiger partial charge in [-0.05, 0) is 55.0 Å². The molecule has 0 aromatic heterocycles. The Morgan fingerprint density at radius 3 is 2.61 bits per heavy atom. The van der Waals surface area contributed by atoms with Crippen molar-refractivity contribution in [3.05, 3.63) is 59.7 Å². The van der Waals surface area contributed by atoms with Crippen LogP contribution in [0, 0.1) is 5.92 Å². The molecule has 1 saturated heterocycles. The number of piperidine rings is 1. The molecule has 2 atom stereocenters. The summed E-state index contributed by atoms with van der Waals surface area (Å²) < 4.78 is 5.32. The summed E-state index contributed by atoms with van der Waals surface area (Å²) in [5, 5.41) is 0. The molecule has 5 heteroatoms. The van der Waals surface area contributed by atoms with Crippen molar-refractivity contribution in [3.63, 3.8) is 0 Å². The zero-order valence-electron chi connectivity index (χ0n) is 18.5. The molecule has 0 N–H and O–H groups in total. The Kier molecular flexibility index (Phi) is 6.59. The molecule has 0 bridgehead atoms. The molecule has 0 saturated carbocycles. The number of ether oxygens (including phenoxy) is 1. The fourth-order valence-corrected chi connectivity index (χ4v) is 4.98. The molecule has 1 fully saturated rings. The summed E-state index contributed by atoms with van der Waals surface area (Å²) in [6.45, 7) is 3.56.